The van der Waals surface area contributed by atoms with Crippen LogP contribution in [0.25, 0.3) is 0 Å². The number of aromatic nitrogens is 2. The smallest absolute Gasteiger partial charge is 0.276 e. The van der Waals surface area contributed by atoms with E-state index in [9.17, 15) is 0 Å². The van der Waals surface area contributed by atoms with Crippen LogP contribution < -0.4 is 5.73 Å². The van der Waals surface area contributed by atoms with Crippen LogP contribution in [0, 0.1) is 0 Å². The second-order valence-corrected chi connectivity index (χ2v) is 2.53. The Balaban J connectivity index is 2.59. The van der Waals surface area contributed by atoms with Crippen LogP contribution in [0.4, 0.5) is 0 Å². The van der Waals surface area contributed by atoms with Crippen LogP contribution in [0.3, 0.4) is 0 Å². The Bertz CT molecular complexity index is 201. The molecule has 0 saturated heterocycles. The van der Waals surface area contributed by atoms with E-state index in [0.717, 1.165) is 13.0 Å². The van der Waals surface area contributed by atoms with Crippen LogP contribution in [0.15, 0.2) is 9.64 Å². The minimum atomic E-state index is 0.628. The van der Waals surface area contributed by atoms with Crippen LogP contribution >= 0.6 is 11.8 Å². The molecule has 1 rings (SSSR count). The van der Waals surface area contributed by atoms with E-state index in [-0.39, 0.29) is 0 Å². The van der Waals surface area contributed by atoms with Crippen molar-refractivity contribution in [1.82, 2.24) is 10.2 Å². The quantitative estimate of drug-likeness (QED) is 0.610. The molecule has 1 aromatic rings. The van der Waals surface area contributed by atoms with Crippen molar-refractivity contribution in [2.45, 2.75) is 11.6 Å². The molecule has 0 aliphatic heterocycles. The molecule has 0 fully saturated rings. The van der Waals surface area contributed by atoms with Gasteiger partial charge in [-0.05, 0) is 6.26 Å². The van der Waals surface area contributed by atoms with Crippen molar-refractivity contribution in [2.24, 2.45) is 0 Å². The number of quaternary nitrogens is 1. The SMILES string of the molecule is CSc1nnc(CC[NH3+])o1. The summed E-state index contributed by atoms with van der Waals surface area (Å²) in [6, 6.07) is 0. The fourth-order valence-corrected chi connectivity index (χ4v) is 0.875. The highest BCUT2D eigenvalue weighted by Crippen LogP contribution is 2.11. The Morgan fingerprint density at radius 2 is 2.40 bits per heavy atom. The molecule has 0 aliphatic carbocycles. The Labute approximate surface area is 63.2 Å². The highest BCUT2D eigenvalue weighted by molar-refractivity contribution is 7.98. The lowest BCUT2D eigenvalue weighted by atomic mass is 10.4. The first-order valence-electron chi connectivity index (χ1n) is 3.02. The van der Waals surface area contributed by atoms with Crippen molar-refractivity contribution in [3.05, 3.63) is 5.89 Å². The molecule has 0 saturated carbocycles. The highest BCUT2D eigenvalue weighted by atomic mass is 32.2. The van der Waals surface area contributed by atoms with E-state index in [0.29, 0.717) is 11.1 Å². The third-order valence-corrected chi connectivity index (χ3v) is 1.53. The van der Waals surface area contributed by atoms with E-state index in [2.05, 4.69) is 15.9 Å². The number of nitrogens with zero attached hydrogens (tertiary/aromatic N) is 2. The van der Waals surface area contributed by atoms with E-state index < -0.39 is 0 Å². The summed E-state index contributed by atoms with van der Waals surface area (Å²) in [4.78, 5) is 0. The van der Waals surface area contributed by atoms with E-state index >= 15 is 0 Å². The van der Waals surface area contributed by atoms with Crippen LogP contribution in [0.2, 0.25) is 0 Å². The summed E-state index contributed by atoms with van der Waals surface area (Å²) in [5, 5.41) is 8.20. The third kappa shape index (κ3) is 1.71. The highest BCUT2D eigenvalue weighted by Gasteiger charge is 2.02. The molecule has 1 heterocycles. The fraction of sp³-hybridized carbons (Fsp3) is 0.600. The zero-order valence-electron chi connectivity index (χ0n) is 5.83. The van der Waals surface area contributed by atoms with Gasteiger partial charge in [0.2, 0.25) is 5.89 Å². The van der Waals surface area contributed by atoms with Crippen LogP contribution in [0.1, 0.15) is 5.89 Å². The predicted octanol–water partition coefficient (Wildman–Crippen LogP) is -0.424. The molecular weight excluding hydrogens is 150 g/mol. The molecule has 0 unspecified atom stereocenters. The summed E-state index contributed by atoms with van der Waals surface area (Å²) < 4.78 is 5.17. The van der Waals surface area contributed by atoms with Crippen molar-refractivity contribution < 1.29 is 10.2 Å². The summed E-state index contributed by atoms with van der Waals surface area (Å²) in [6.07, 6.45) is 2.68. The molecule has 0 radical (unpaired) electrons. The van der Waals surface area contributed by atoms with Crippen LogP contribution in [-0.4, -0.2) is 23.0 Å². The first kappa shape index (κ1) is 7.56. The molecule has 0 amide bonds. The van der Waals surface area contributed by atoms with Gasteiger partial charge in [-0.3, -0.25) is 0 Å². The maximum absolute atomic E-state index is 5.17. The number of hydrogen-bond donors (Lipinski definition) is 1. The first-order chi connectivity index (χ1) is 4.86. The van der Waals surface area contributed by atoms with Gasteiger partial charge in [-0.2, -0.15) is 0 Å². The number of thioether (sulfide) groups is 1. The molecule has 5 heteroatoms. The average molecular weight is 160 g/mol. The minimum Gasteiger partial charge on any atom is -0.416 e. The van der Waals surface area contributed by atoms with Crippen molar-refractivity contribution in [3.8, 4) is 0 Å². The van der Waals surface area contributed by atoms with Gasteiger partial charge in [0.05, 0.1) is 13.0 Å². The van der Waals surface area contributed by atoms with Crippen molar-refractivity contribution >= 4 is 11.8 Å². The van der Waals surface area contributed by atoms with Gasteiger partial charge in [-0.25, -0.2) is 0 Å². The Kier molecular flexibility index (Phi) is 2.70. The maximum Gasteiger partial charge on any atom is 0.276 e. The van der Waals surface area contributed by atoms with E-state index in [4.69, 9.17) is 4.42 Å². The topological polar surface area (TPSA) is 66.6 Å². The molecule has 0 spiro atoms. The van der Waals surface area contributed by atoms with Gasteiger partial charge in [0.25, 0.3) is 5.22 Å². The van der Waals surface area contributed by atoms with Gasteiger partial charge in [-0.15, -0.1) is 10.2 Å². The van der Waals surface area contributed by atoms with Gasteiger partial charge >= 0.3 is 0 Å². The molecule has 0 bridgehead atoms. The summed E-state index contributed by atoms with van der Waals surface area (Å²) in [5.41, 5.74) is 3.68. The first-order valence-corrected chi connectivity index (χ1v) is 4.25. The zero-order chi connectivity index (χ0) is 7.40. The Morgan fingerprint density at radius 3 is 2.90 bits per heavy atom. The van der Waals surface area contributed by atoms with E-state index in [1.807, 2.05) is 6.26 Å². The minimum absolute atomic E-state index is 0.628. The van der Waals surface area contributed by atoms with Crippen molar-refractivity contribution in [2.75, 3.05) is 12.8 Å². The lowest BCUT2D eigenvalue weighted by Gasteiger charge is -1.83. The van der Waals surface area contributed by atoms with Gasteiger partial charge in [0, 0.05) is 0 Å². The van der Waals surface area contributed by atoms with Crippen LogP contribution in [0.5, 0.6) is 0 Å². The van der Waals surface area contributed by atoms with Crippen LogP contribution in [-0.2, 0) is 6.42 Å². The molecule has 1 aromatic heterocycles. The van der Waals surface area contributed by atoms with Gasteiger partial charge in [0.1, 0.15) is 0 Å². The molecule has 0 atom stereocenters. The Morgan fingerprint density at radius 1 is 1.60 bits per heavy atom. The third-order valence-electron chi connectivity index (χ3n) is 1.01. The average Bonchev–Trinajstić information content (AvgIpc) is 2.37. The van der Waals surface area contributed by atoms with E-state index in [1.165, 1.54) is 11.8 Å². The summed E-state index contributed by atoms with van der Waals surface area (Å²) >= 11 is 1.45. The molecule has 3 N–H and O–H groups in total. The monoisotopic (exact) mass is 160 g/mol. The number of rotatable bonds is 3. The standard InChI is InChI=1S/C5H9N3OS/c1-10-5-8-7-4(9-5)2-3-6/h2-3,6H2,1H3/p+1. The fourth-order valence-electron chi connectivity index (χ4n) is 0.573. The second kappa shape index (κ2) is 3.58. The lowest BCUT2D eigenvalue weighted by molar-refractivity contribution is -0.367. The van der Waals surface area contributed by atoms with E-state index in [1.54, 1.807) is 0 Å². The molecule has 10 heavy (non-hydrogen) atoms. The Hall–Kier alpha value is -0.550. The predicted molar refractivity (Wildman–Crippen MR) is 37.5 cm³/mol. The molecule has 0 aliphatic rings. The summed E-state index contributed by atoms with van der Waals surface area (Å²) in [6.45, 7) is 0.802. The van der Waals surface area contributed by atoms with Crippen molar-refractivity contribution in [1.29, 1.82) is 0 Å². The molecule has 4 nitrogen and oxygen atoms in total. The molecular formula is C5H10N3OS+. The maximum atomic E-state index is 5.17. The summed E-state index contributed by atoms with van der Waals surface area (Å²) in [7, 11) is 0. The van der Waals surface area contributed by atoms with Crippen molar-refractivity contribution in [3.63, 3.8) is 0 Å². The molecule has 0 aromatic carbocycles. The van der Waals surface area contributed by atoms with Gasteiger partial charge in [-0.1, -0.05) is 11.8 Å². The number of hydrogen-bond acceptors (Lipinski definition) is 4. The van der Waals surface area contributed by atoms with Gasteiger partial charge < -0.3 is 10.2 Å². The van der Waals surface area contributed by atoms with Gasteiger partial charge in [0.15, 0.2) is 0 Å². The second-order valence-electron chi connectivity index (χ2n) is 1.77. The summed E-state index contributed by atoms with van der Waals surface area (Å²) in [5.74, 6) is 0.680. The zero-order valence-corrected chi connectivity index (χ0v) is 6.65. The lowest BCUT2D eigenvalue weighted by Crippen LogP contribution is -2.51. The largest absolute Gasteiger partial charge is 0.416 e. The molecule has 56 valence electrons. The normalized spacial score (nSPS) is 10.2.